The quantitative estimate of drug-likeness (QED) is 0.229. The maximum absolute atomic E-state index is 11.9. The maximum atomic E-state index is 11.9. The highest BCUT2D eigenvalue weighted by molar-refractivity contribution is 5.69. The first kappa shape index (κ1) is 73.4. The lowest BCUT2D eigenvalue weighted by atomic mass is 10.0. The van der Waals surface area contributed by atoms with Gasteiger partial charge in [0.1, 0.15) is 5.60 Å². The average Bonchev–Trinajstić information content (AvgIpc) is 1.25. The molecule has 1 fully saturated rings. The molecule has 0 spiro atoms. The molecular formula is C88H29N3O2. The molecule has 408 valence electrons. The molecule has 5 nitrogen and oxygen atoms in total. The van der Waals surface area contributed by atoms with Crippen molar-refractivity contribution in [3.8, 4) is 0 Å². The minimum atomic E-state index is -0.470. The number of benzene rings is 1. The van der Waals surface area contributed by atoms with Crippen LogP contribution in [0.15, 0.2) is 439 Å². The van der Waals surface area contributed by atoms with E-state index in [9.17, 15) is 4.79 Å². The van der Waals surface area contributed by atoms with Gasteiger partial charge in [-0.05, 0) is 151 Å². The van der Waals surface area contributed by atoms with Crippen LogP contribution < -0.4 is 16.0 Å². The Labute approximate surface area is 536 Å². The molecular weight excluding hydrogens is 1130 g/mol. The number of nitrogens with one attached hydrogen (secondary N) is 1. The molecule has 2 rings (SSSR count). The number of piperidine rings is 1. The Kier molecular flexibility index (Phi) is 45.5. The standard InChI is InChI=1S/C72H4.C16H25N3O2/c1-3-5-7-9-11-13-15-17-19-21-23-25-27-29-31-33-35-37-39-41-43-45-47-49-51-53-55-57-59-61-63-65-67-69-71-72-70-68-66-64-62-60-58-56-54-52-50-48-46-44-42-40-38-36-34-32-30-28-26-24-22-20-18-16-14-12-10-8-6-4-2;1-16(2,3)21-15(20)18-12-7-6-10-19(11-12)14-9-5-4-8-13(14)17/h1-2H2;4-5,8-9,12H,6-7,10-11,17H2,1-3H3,(H,18,20)/t;12-/m.1/s1. The molecule has 3 N–H and O–H groups in total. The van der Waals surface area contributed by atoms with Crippen molar-refractivity contribution in [1.82, 2.24) is 5.32 Å². The van der Waals surface area contributed by atoms with Crippen molar-refractivity contribution in [2.24, 2.45) is 0 Å². The summed E-state index contributed by atoms with van der Waals surface area (Å²) < 4.78 is 5.31. The third kappa shape index (κ3) is 53.5. The van der Waals surface area contributed by atoms with Gasteiger partial charge in [0.2, 0.25) is 0 Å². The van der Waals surface area contributed by atoms with Crippen molar-refractivity contribution in [2.45, 2.75) is 45.3 Å². The van der Waals surface area contributed by atoms with Crippen molar-refractivity contribution in [3.05, 3.63) is 439 Å². The van der Waals surface area contributed by atoms with Gasteiger partial charge >= 0.3 is 6.09 Å². The Bertz CT molecular complexity index is 5940. The second kappa shape index (κ2) is 57.7. The van der Waals surface area contributed by atoms with Crippen LogP contribution in [0.25, 0.3) is 0 Å². The zero-order valence-corrected chi connectivity index (χ0v) is 49.5. The number of carbonyl (C=O) groups is 1. The van der Waals surface area contributed by atoms with Gasteiger partial charge in [-0.1, -0.05) is 23.6 Å². The summed E-state index contributed by atoms with van der Waals surface area (Å²) in [6.07, 6.45) is 1.63. The molecule has 0 bridgehead atoms. The number of nitrogen functional groups attached to an aromatic ring is 1. The van der Waals surface area contributed by atoms with E-state index < -0.39 is 5.60 Å². The Morgan fingerprint density at radius 1 is 0.366 bits per heavy atom. The third-order valence-electron chi connectivity index (χ3n) is 7.78. The van der Waals surface area contributed by atoms with Crippen LogP contribution in [0.1, 0.15) is 33.6 Å². The first-order valence-corrected chi connectivity index (χ1v) is 25.4. The van der Waals surface area contributed by atoms with Gasteiger partial charge in [-0.3, -0.25) is 0 Å². The van der Waals surface area contributed by atoms with Gasteiger partial charge in [0.05, 0.1) is 11.4 Å². The summed E-state index contributed by atoms with van der Waals surface area (Å²) >= 11 is 0. The summed E-state index contributed by atoms with van der Waals surface area (Å²) in [4.78, 5) is 14.1. The van der Waals surface area contributed by atoms with Crippen LogP contribution in [-0.2, 0) is 4.74 Å². The monoisotopic (exact) mass is 1160 g/mol. The average molecular weight is 1160 g/mol. The van der Waals surface area contributed by atoms with Crippen LogP contribution in [0.4, 0.5) is 16.2 Å². The zero-order valence-electron chi connectivity index (χ0n) is 49.5. The van der Waals surface area contributed by atoms with E-state index in [1.54, 1.807) is 0 Å². The van der Waals surface area contributed by atoms with Crippen LogP contribution in [0, 0.1) is 0 Å². The highest BCUT2D eigenvalue weighted by Crippen LogP contribution is 2.26. The number of amides is 1. The molecule has 1 heterocycles. The number of nitrogens with two attached hydrogens (primary N) is 1. The maximum Gasteiger partial charge on any atom is 0.407 e. The molecule has 0 aliphatic carbocycles. The number of carbonyl (C=O) groups excluding carboxylic acids is 1. The molecule has 1 aliphatic rings. The molecule has 1 aromatic rings. The molecule has 0 aromatic heterocycles. The van der Waals surface area contributed by atoms with Gasteiger partial charge in [-0.15, -0.1) is 0 Å². The van der Waals surface area contributed by atoms with Gasteiger partial charge < -0.3 is 20.7 Å². The lowest BCUT2D eigenvalue weighted by Gasteiger charge is -2.35. The van der Waals surface area contributed by atoms with Crippen LogP contribution in [-0.4, -0.2) is 30.8 Å². The van der Waals surface area contributed by atoms with E-state index in [0.29, 0.717) is 0 Å². The number of alkyl carbamates (subject to hydrolysis) is 1. The molecule has 0 radical (unpaired) electrons. The molecule has 93 heavy (non-hydrogen) atoms. The second-order valence-corrected chi connectivity index (χ2v) is 15.3. The smallest absolute Gasteiger partial charge is 0.407 e. The van der Waals surface area contributed by atoms with E-state index in [-0.39, 0.29) is 12.1 Å². The fraction of sp³-hybridized carbons (Fsp3) is 0.102. The molecule has 5 heteroatoms. The van der Waals surface area contributed by atoms with Crippen molar-refractivity contribution < 1.29 is 9.53 Å². The van der Waals surface area contributed by atoms with Gasteiger partial charge in [0.25, 0.3) is 0 Å². The fourth-order valence-electron chi connectivity index (χ4n) is 4.71. The minimum absolute atomic E-state index is 0.0909. The van der Waals surface area contributed by atoms with Gasteiger partial charge in [-0.2, -0.15) is 0 Å². The van der Waals surface area contributed by atoms with E-state index in [2.05, 4.69) is 425 Å². The van der Waals surface area contributed by atoms with Crippen molar-refractivity contribution in [1.29, 1.82) is 0 Å². The Hall–Kier alpha value is -17.6. The summed E-state index contributed by atoms with van der Waals surface area (Å²) in [5.41, 5.74) is 182. The number of para-hydroxylation sites is 2. The number of hydrogen-bond acceptors (Lipinski definition) is 4. The zero-order chi connectivity index (χ0) is 67.0. The predicted molar refractivity (Wildman–Crippen MR) is 343 cm³/mol. The summed E-state index contributed by atoms with van der Waals surface area (Å²) in [7, 11) is 0. The van der Waals surface area contributed by atoms with E-state index in [1.165, 1.54) is 0 Å². The highest BCUT2D eigenvalue weighted by atomic mass is 16.6. The van der Waals surface area contributed by atoms with E-state index in [4.69, 9.17) is 10.5 Å². The second-order valence-electron chi connectivity index (χ2n) is 15.3. The first-order chi connectivity index (χ1) is 45.8. The molecule has 1 atom stereocenters. The highest BCUT2D eigenvalue weighted by Gasteiger charge is 2.25. The Morgan fingerprint density at radius 3 is 0.742 bits per heavy atom. The van der Waals surface area contributed by atoms with Crippen molar-refractivity contribution in [2.75, 3.05) is 23.7 Å². The van der Waals surface area contributed by atoms with E-state index in [0.717, 1.165) is 37.3 Å². The molecule has 0 unspecified atom stereocenters. The summed E-state index contributed by atoms with van der Waals surface area (Å²) in [6.45, 7) is 13.9. The first-order valence-electron chi connectivity index (χ1n) is 25.4. The van der Waals surface area contributed by atoms with Gasteiger partial charge in [-0.25, -0.2) is 4.79 Å². The topological polar surface area (TPSA) is 67.6 Å². The number of hydrogen-bond donors (Lipinski definition) is 2. The van der Waals surface area contributed by atoms with Crippen molar-refractivity contribution >= 4 is 17.5 Å². The van der Waals surface area contributed by atoms with Crippen molar-refractivity contribution in [3.63, 3.8) is 0 Å². The number of anilines is 2. The third-order valence-corrected chi connectivity index (χ3v) is 7.78. The van der Waals surface area contributed by atoms with E-state index >= 15 is 0 Å². The Morgan fingerprint density at radius 2 is 0.559 bits per heavy atom. The van der Waals surface area contributed by atoms with Gasteiger partial charge in [0.15, 0.2) is 0 Å². The molecule has 1 aliphatic heterocycles. The number of rotatable bonds is 2. The SMILES string of the molecule is C=C=C=C=C=C=C=C=C=C=C=C=C=C=C=C=C=C=C=C=C=C=C=C=C=C=C=C=C=C=C=C=C=C=C=C=C=C=C=C=C=C=C=C=C=C=C=C=C=C=C=C=C=C=C=C=C=C=C=C=C=C=C=C=C=C=C=C=C=C=C=C.CC(C)(C)OC(=O)N[C@@H]1CCCN(c2ccccc2N)C1. The van der Waals surface area contributed by atoms with Crippen LogP contribution in [0.3, 0.4) is 0 Å². The molecule has 1 aromatic carbocycles. The Balaban J connectivity index is 0.00000171. The molecule has 0 saturated carbocycles. The normalized spacial score (nSPS) is 7.39. The molecule has 1 saturated heterocycles. The lowest BCUT2D eigenvalue weighted by Crippen LogP contribution is -2.49. The van der Waals surface area contributed by atoms with Crippen LogP contribution in [0.5, 0.6) is 0 Å². The summed E-state index contributed by atoms with van der Waals surface area (Å²) in [5, 5.41) is 2.95. The number of nitrogens with zero attached hydrogens (tertiary/aromatic N) is 1. The predicted octanol–water partition coefficient (Wildman–Crippen LogP) is 14.4. The fourth-order valence-corrected chi connectivity index (χ4v) is 4.71. The van der Waals surface area contributed by atoms with E-state index in [1.807, 2.05) is 45.0 Å². The largest absolute Gasteiger partial charge is 0.444 e. The summed E-state index contributed by atoms with van der Waals surface area (Å²) in [6, 6.07) is 7.93. The van der Waals surface area contributed by atoms with Crippen LogP contribution >= 0.6 is 0 Å². The molecule has 1 amide bonds. The lowest BCUT2D eigenvalue weighted by molar-refractivity contribution is 0.0500. The number of ether oxygens (including phenoxy) is 1. The summed E-state index contributed by atoms with van der Waals surface area (Å²) in [5.74, 6) is 0. The van der Waals surface area contributed by atoms with Gasteiger partial charge in [0, 0.05) is 317 Å². The minimum Gasteiger partial charge on any atom is -0.444 e. The van der Waals surface area contributed by atoms with Crippen LogP contribution in [0.2, 0.25) is 0 Å².